The largest absolute Gasteiger partial charge is 0.444 e. The molecule has 0 unspecified atom stereocenters. The van der Waals surface area contributed by atoms with Crippen LogP contribution < -0.4 is 10.5 Å². The maximum absolute atomic E-state index is 14.0. The highest BCUT2D eigenvalue weighted by atomic mass is 32.2. The van der Waals surface area contributed by atoms with Crippen LogP contribution in [0.25, 0.3) is 22.2 Å². The van der Waals surface area contributed by atoms with Crippen LogP contribution in [0.4, 0.5) is 13.6 Å². The molecule has 4 aromatic rings. The van der Waals surface area contributed by atoms with E-state index in [9.17, 15) is 22.0 Å². The van der Waals surface area contributed by atoms with Crippen LogP contribution in [-0.4, -0.2) is 43.3 Å². The first-order chi connectivity index (χ1) is 19.7. The van der Waals surface area contributed by atoms with Crippen molar-refractivity contribution in [3.63, 3.8) is 0 Å². The number of hydrogen-bond acceptors (Lipinski definition) is 6. The van der Waals surface area contributed by atoms with E-state index in [1.54, 1.807) is 51.2 Å². The van der Waals surface area contributed by atoms with E-state index in [1.807, 2.05) is 13.8 Å². The molecule has 42 heavy (non-hydrogen) atoms. The number of alkyl carbamates (subject to hydrolysis) is 1. The van der Waals surface area contributed by atoms with E-state index in [1.165, 1.54) is 24.3 Å². The van der Waals surface area contributed by atoms with E-state index in [-0.39, 0.29) is 11.3 Å². The van der Waals surface area contributed by atoms with Gasteiger partial charge in [-0.3, -0.25) is 0 Å². The lowest BCUT2D eigenvalue weighted by Gasteiger charge is -2.25. The summed E-state index contributed by atoms with van der Waals surface area (Å²) in [4.78, 5) is 20.5. The highest BCUT2D eigenvalue weighted by Gasteiger charge is 2.25. The van der Waals surface area contributed by atoms with Gasteiger partial charge in [0.05, 0.1) is 27.7 Å². The van der Waals surface area contributed by atoms with Gasteiger partial charge in [-0.1, -0.05) is 12.1 Å². The molecule has 2 aromatic carbocycles. The minimum atomic E-state index is -3.90. The third-order valence-electron chi connectivity index (χ3n) is 5.85. The lowest BCUT2D eigenvalue weighted by atomic mass is 9.95. The number of amides is 1. The van der Waals surface area contributed by atoms with E-state index in [0.29, 0.717) is 33.4 Å². The first-order valence-electron chi connectivity index (χ1n) is 13.3. The number of halogens is 2. The number of pyridine rings is 1. The summed E-state index contributed by atoms with van der Waals surface area (Å²) in [7, 11) is -3.90. The summed E-state index contributed by atoms with van der Waals surface area (Å²) >= 11 is 0. The molecule has 0 spiro atoms. The van der Waals surface area contributed by atoms with Gasteiger partial charge in [0.2, 0.25) is 10.0 Å². The zero-order chi connectivity index (χ0) is 31.1. The van der Waals surface area contributed by atoms with Crippen molar-refractivity contribution in [2.75, 3.05) is 13.2 Å². The second kappa shape index (κ2) is 13.9. The molecule has 9 nitrogen and oxygen atoms in total. The predicted octanol–water partition coefficient (Wildman–Crippen LogP) is 6.01. The van der Waals surface area contributed by atoms with Crippen molar-refractivity contribution in [3.8, 4) is 11.1 Å². The molecule has 4 rings (SSSR count). The lowest BCUT2D eigenvalue weighted by molar-refractivity contribution is 0.0502. The molecule has 0 aliphatic rings. The van der Waals surface area contributed by atoms with Gasteiger partial charge in [-0.2, -0.15) is 0 Å². The molecule has 0 saturated heterocycles. The number of aromatic amines is 1. The number of benzene rings is 2. The van der Waals surface area contributed by atoms with Crippen molar-refractivity contribution in [1.29, 1.82) is 0 Å². The molecule has 1 amide bonds. The number of aromatic nitrogens is 2. The number of nitrogens with one attached hydrogen (secondary N) is 2. The Hall–Kier alpha value is -3.87. The lowest BCUT2D eigenvalue weighted by Crippen LogP contribution is -2.36. The van der Waals surface area contributed by atoms with Crippen molar-refractivity contribution < 1.29 is 31.5 Å². The molecule has 0 bridgehead atoms. The van der Waals surface area contributed by atoms with E-state index in [0.717, 1.165) is 19.3 Å². The minimum Gasteiger partial charge on any atom is -0.444 e. The number of nitrogens with two attached hydrogens (primary N) is 1. The first-order valence-corrected chi connectivity index (χ1v) is 14.9. The Morgan fingerprint density at radius 2 is 1.64 bits per heavy atom. The minimum absolute atomic E-state index is 0.000878. The number of hydrogen-bond donors (Lipinski definition) is 3. The van der Waals surface area contributed by atoms with Crippen molar-refractivity contribution >= 4 is 27.1 Å². The van der Waals surface area contributed by atoms with Gasteiger partial charge in [-0.25, -0.2) is 32.1 Å². The second-order valence-corrected chi connectivity index (χ2v) is 11.9. The van der Waals surface area contributed by atoms with Gasteiger partial charge >= 0.3 is 6.09 Å². The summed E-state index contributed by atoms with van der Waals surface area (Å²) in [5, 5.41) is 8.02. The van der Waals surface area contributed by atoms with Crippen LogP contribution >= 0.6 is 0 Å². The average molecular weight is 603 g/mol. The van der Waals surface area contributed by atoms with Crippen molar-refractivity contribution in [3.05, 3.63) is 83.7 Å². The topological polar surface area (TPSA) is 136 Å². The van der Waals surface area contributed by atoms with Crippen LogP contribution in [0, 0.1) is 11.6 Å². The van der Waals surface area contributed by atoms with Gasteiger partial charge in [0.15, 0.2) is 0 Å². The quantitative estimate of drug-likeness (QED) is 0.226. The van der Waals surface area contributed by atoms with Crippen molar-refractivity contribution in [2.24, 2.45) is 5.14 Å². The number of H-pyrrole nitrogens is 1. The van der Waals surface area contributed by atoms with Crippen molar-refractivity contribution in [2.45, 2.75) is 57.6 Å². The molecule has 0 saturated carbocycles. The molecule has 226 valence electrons. The maximum Gasteiger partial charge on any atom is 0.408 e. The highest BCUT2D eigenvalue weighted by Crippen LogP contribution is 2.33. The van der Waals surface area contributed by atoms with Gasteiger partial charge in [-0.05, 0) is 88.6 Å². The predicted molar refractivity (Wildman–Crippen MR) is 157 cm³/mol. The fraction of sp³-hybridized carbons (Fsp3) is 0.333. The average Bonchev–Trinajstić information content (AvgIpc) is 3.34. The number of primary sulfonamides is 1. The second-order valence-electron chi connectivity index (χ2n) is 10.4. The third kappa shape index (κ3) is 9.33. The smallest absolute Gasteiger partial charge is 0.408 e. The molecular weight excluding hydrogens is 566 g/mol. The maximum atomic E-state index is 14.0. The van der Waals surface area contributed by atoms with Crippen LogP contribution in [0.1, 0.15) is 51.9 Å². The fourth-order valence-corrected chi connectivity index (χ4v) is 4.67. The molecule has 1 atom stereocenters. The SMILES string of the molecule is CC(C)(C)OC(=O)N[C@H](Cc1cc(F)cc(F)c1)c1nc2cc[nH]c2cc1-c1ccc(S(N)(=O)=O)cc1.CCOCC. The standard InChI is InChI=1S/C26H26F2N4O4S.C4H10O/c1-26(2,3)36-25(33)32-23(12-15-10-17(27)13-18(28)11-15)24-20(14-22-21(31-24)8-9-30-22)16-4-6-19(7-5-16)37(29,34)35;1-3-5-4-2/h4-11,13-14,23,30H,12H2,1-3H3,(H,32,33)(H2,29,34,35);3-4H2,1-2H3/t23-;/m1./s1. The van der Waals surface area contributed by atoms with Gasteiger partial charge in [-0.15, -0.1) is 0 Å². The Labute approximate surface area is 244 Å². The normalized spacial score (nSPS) is 12.4. The van der Waals surface area contributed by atoms with E-state index in [2.05, 4.69) is 10.3 Å². The van der Waals surface area contributed by atoms with E-state index in [4.69, 9.17) is 19.6 Å². The summed E-state index contributed by atoms with van der Waals surface area (Å²) in [5.74, 6) is -1.50. The summed E-state index contributed by atoms with van der Waals surface area (Å²) in [5.41, 5.74) is 2.35. The Balaban J connectivity index is 0.000000892. The molecule has 2 heterocycles. The number of rotatable bonds is 8. The summed E-state index contributed by atoms with van der Waals surface area (Å²) < 4.78 is 61.7. The molecule has 0 aliphatic heterocycles. The number of ether oxygens (including phenoxy) is 2. The molecular formula is C30H36F2N4O5S. The van der Waals surface area contributed by atoms with Gasteiger partial charge < -0.3 is 19.8 Å². The zero-order valence-corrected chi connectivity index (χ0v) is 25.0. The number of sulfonamides is 1. The van der Waals surface area contributed by atoms with Crippen LogP contribution in [0.15, 0.2) is 65.7 Å². The number of carbonyl (C=O) groups excluding carboxylic acids is 1. The monoisotopic (exact) mass is 602 g/mol. The van der Waals surface area contributed by atoms with Crippen LogP contribution in [0.3, 0.4) is 0 Å². The number of carbonyl (C=O) groups is 1. The highest BCUT2D eigenvalue weighted by molar-refractivity contribution is 7.89. The Bertz CT molecular complexity index is 1590. The van der Waals surface area contributed by atoms with Crippen molar-refractivity contribution in [1.82, 2.24) is 15.3 Å². The molecule has 4 N–H and O–H groups in total. The Morgan fingerprint density at radius 1 is 1.02 bits per heavy atom. The first kappa shape index (κ1) is 32.6. The Kier molecular flexibility index (Phi) is 10.8. The molecule has 0 radical (unpaired) electrons. The van der Waals surface area contributed by atoms with Crippen LogP contribution in [0.2, 0.25) is 0 Å². The zero-order valence-electron chi connectivity index (χ0n) is 24.2. The summed E-state index contributed by atoms with van der Waals surface area (Å²) in [6.07, 6.45) is 0.966. The number of fused-ring (bicyclic) bond motifs is 1. The molecule has 0 fully saturated rings. The molecule has 12 heteroatoms. The number of nitrogens with zero attached hydrogens (tertiary/aromatic N) is 1. The summed E-state index contributed by atoms with van der Waals surface area (Å²) in [6, 6.07) is 11.7. The fourth-order valence-electron chi connectivity index (χ4n) is 4.15. The van der Waals surface area contributed by atoms with E-state index < -0.39 is 39.4 Å². The molecule has 2 aromatic heterocycles. The summed E-state index contributed by atoms with van der Waals surface area (Å²) in [6.45, 7) is 10.8. The third-order valence-corrected chi connectivity index (χ3v) is 6.78. The van der Waals surface area contributed by atoms with E-state index >= 15 is 0 Å². The molecule has 0 aliphatic carbocycles. The van der Waals surface area contributed by atoms with Crippen LogP contribution in [-0.2, 0) is 25.9 Å². The van der Waals surface area contributed by atoms with Crippen LogP contribution in [0.5, 0.6) is 0 Å². The van der Waals surface area contributed by atoms with Gasteiger partial charge in [0.1, 0.15) is 17.2 Å². The van der Waals surface area contributed by atoms with Gasteiger partial charge in [0, 0.05) is 31.0 Å². The Morgan fingerprint density at radius 3 is 2.17 bits per heavy atom. The van der Waals surface area contributed by atoms with Gasteiger partial charge in [0.25, 0.3) is 0 Å².